The second-order valence-electron chi connectivity index (χ2n) is 4.31. The molecule has 0 saturated heterocycles. The van der Waals surface area contributed by atoms with Gasteiger partial charge in [0.1, 0.15) is 11.6 Å². The number of Topliss-reactive ketones (excluding diaryl/α,β-unsaturated/α-hetero) is 1. The minimum absolute atomic E-state index is 0.114. The molecule has 0 aliphatic heterocycles. The lowest BCUT2D eigenvalue weighted by atomic mass is 9.99. The van der Waals surface area contributed by atoms with Crippen molar-refractivity contribution in [2.45, 2.75) is 13.3 Å². The van der Waals surface area contributed by atoms with Crippen molar-refractivity contribution in [3.63, 3.8) is 0 Å². The van der Waals surface area contributed by atoms with E-state index in [2.05, 4.69) is 15.9 Å². The molecular weight excluding hydrogens is 314 g/mol. The Morgan fingerprint density at radius 2 is 1.89 bits per heavy atom. The summed E-state index contributed by atoms with van der Waals surface area (Å²) < 4.78 is 26.6. The number of ketones is 1. The number of hydrogen-bond donors (Lipinski definition) is 0. The van der Waals surface area contributed by atoms with Gasteiger partial charge in [-0.25, -0.2) is 8.78 Å². The molecule has 0 aliphatic carbocycles. The third kappa shape index (κ3) is 3.26. The van der Waals surface area contributed by atoms with Crippen LogP contribution < -0.4 is 0 Å². The van der Waals surface area contributed by atoms with Crippen LogP contribution in [0.1, 0.15) is 21.5 Å². The zero-order valence-corrected chi connectivity index (χ0v) is 11.8. The second kappa shape index (κ2) is 5.61. The molecule has 0 bridgehead atoms. The van der Waals surface area contributed by atoms with Gasteiger partial charge in [0.15, 0.2) is 5.78 Å². The molecule has 1 nitrogen and oxygen atoms in total. The summed E-state index contributed by atoms with van der Waals surface area (Å²) in [5.41, 5.74) is 1.77. The van der Waals surface area contributed by atoms with Crippen molar-refractivity contribution in [3.8, 4) is 0 Å². The van der Waals surface area contributed by atoms with Gasteiger partial charge in [-0.15, -0.1) is 0 Å². The van der Waals surface area contributed by atoms with Crippen molar-refractivity contribution in [2.24, 2.45) is 0 Å². The van der Waals surface area contributed by atoms with Gasteiger partial charge >= 0.3 is 0 Å². The Morgan fingerprint density at radius 3 is 2.58 bits per heavy atom. The molecule has 0 heterocycles. The predicted octanol–water partition coefficient (Wildman–Crippen LogP) is 4.46. The van der Waals surface area contributed by atoms with E-state index >= 15 is 0 Å². The Morgan fingerprint density at radius 1 is 1.16 bits per heavy atom. The molecule has 0 amide bonds. The van der Waals surface area contributed by atoms with Gasteiger partial charge in [0.25, 0.3) is 0 Å². The fourth-order valence-corrected chi connectivity index (χ4v) is 2.25. The number of carbonyl (C=O) groups is 1. The van der Waals surface area contributed by atoms with Crippen LogP contribution in [0.5, 0.6) is 0 Å². The van der Waals surface area contributed by atoms with Crippen LogP contribution >= 0.6 is 15.9 Å². The van der Waals surface area contributed by atoms with Gasteiger partial charge in [0.05, 0.1) is 4.47 Å². The van der Waals surface area contributed by atoms with Crippen molar-refractivity contribution in [1.29, 1.82) is 0 Å². The minimum atomic E-state index is -0.436. The highest BCUT2D eigenvalue weighted by molar-refractivity contribution is 9.10. The van der Waals surface area contributed by atoms with Crippen LogP contribution in [-0.4, -0.2) is 5.78 Å². The summed E-state index contributed by atoms with van der Waals surface area (Å²) in [7, 11) is 0. The lowest BCUT2D eigenvalue weighted by molar-refractivity contribution is 0.0992. The highest BCUT2D eigenvalue weighted by Crippen LogP contribution is 2.19. The fourth-order valence-electron chi connectivity index (χ4n) is 1.82. The quantitative estimate of drug-likeness (QED) is 0.762. The maximum Gasteiger partial charge on any atom is 0.167 e. The summed E-state index contributed by atoms with van der Waals surface area (Å²) in [5, 5.41) is 0. The van der Waals surface area contributed by atoms with E-state index in [0.29, 0.717) is 15.6 Å². The molecule has 0 aliphatic rings. The molecule has 4 heteroatoms. The van der Waals surface area contributed by atoms with Crippen LogP contribution in [0.3, 0.4) is 0 Å². The Kier molecular flexibility index (Phi) is 4.10. The van der Waals surface area contributed by atoms with E-state index in [1.165, 1.54) is 18.2 Å². The predicted molar refractivity (Wildman–Crippen MR) is 73.3 cm³/mol. The summed E-state index contributed by atoms with van der Waals surface area (Å²) in [6, 6.07) is 8.53. The molecular formula is C15H11BrF2O. The smallest absolute Gasteiger partial charge is 0.167 e. The Hall–Kier alpha value is -1.55. The average Bonchev–Trinajstić information content (AvgIpc) is 2.36. The van der Waals surface area contributed by atoms with Gasteiger partial charge in [0.2, 0.25) is 0 Å². The lowest BCUT2D eigenvalue weighted by Gasteiger charge is -2.06. The van der Waals surface area contributed by atoms with Crippen molar-refractivity contribution < 1.29 is 13.6 Å². The summed E-state index contributed by atoms with van der Waals surface area (Å²) in [5.74, 6) is -0.997. The van der Waals surface area contributed by atoms with Crippen LogP contribution in [0.25, 0.3) is 0 Å². The Balaban J connectivity index is 2.25. The number of aryl methyl sites for hydroxylation is 1. The summed E-state index contributed by atoms with van der Waals surface area (Å²) >= 11 is 3.07. The number of benzene rings is 2. The average molecular weight is 325 g/mol. The molecule has 0 radical (unpaired) electrons. The number of halogens is 3. The van der Waals surface area contributed by atoms with E-state index in [1.807, 2.05) is 0 Å². The first-order valence-electron chi connectivity index (χ1n) is 5.70. The number of rotatable bonds is 3. The SMILES string of the molecule is Cc1ccc(F)cc1C(=O)Cc1ccc(F)c(Br)c1. The highest BCUT2D eigenvalue weighted by atomic mass is 79.9. The Labute approximate surface area is 118 Å². The van der Waals surface area contributed by atoms with E-state index in [-0.39, 0.29) is 18.0 Å². The van der Waals surface area contributed by atoms with Gasteiger partial charge in [-0.2, -0.15) is 0 Å². The first-order valence-corrected chi connectivity index (χ1v) is 6.50. The van der Waals surface area contributed by atoms with Crippen LogP contribution in [-0.2, 0) is 6.42 Å². The highest BCUT2D eigenvalue weighted by Gasteiger charge is 2.12. The van der Waals surface area contributed by atoms with E-state index < -0.39 is 5.82 Å². The molecule has 0 aromatic heterocycles. The molecule has 19 heavy (non-hydrogen) atoms. The summed E-state index contributed by atoms with van der Waals surface area (Å²) in [4.78, 5) is 12.1. The molecule has 0 unspecified atom stereocenters. The van der Waals surface area contributed by atoms with Crippen molar-refractivity contribution in [3.05, 3.63) is 69.2 Å². The maximum atomic E-state index is 13.2. The largest absolute Gasteiger partial charge is 0.294 e. The fraction of sp³-hybridized carbons (Fsp3) is 0.133. The van der Waals surface area contributed by atoms with Crippen LogP contribution in [0, 0.1) is 18.6 Å². The zero-order valence-electron chi connectivity index (χ0n) is 10.2. The molecule has 98 valence electrons. The second-order valence-corrected chi connectivity index (χ2v) is 5.16. The van der Waals surface area contributed by atoms with E-state index in [0.717, 1.165) is 5.56 Å². The monoisotopic (exact) mass is 324 g/mol. The van der Waals surface area contributed by atoms with Gasteiger partial charge in [-0.3, -0.25) is 4.79 Å². The normalized spacial score (nSPS) is 10.5. The Bertz CT molecular complexity index is 638. The van der Waals surface area contributed by atoms with Crippen LogP contribution in [0.4, 0.5) is 8.78 Å². The summed E-state index contributed by atoms with van der Waals surface area (Å²) in [6.07, 6.45) is 0.114. The topological polar surface area (TPSA) is 17.1 Å². The first kappa shape index (κ1) is 13.9. The molecule has 2 aromatic rings. The molecule has 2 rings (SSSR count). The third-order valence-electron chi connectivity index (χ3n) is 2.85. The van der Waals surface area contributed by atoms with E-state index in [1.54, 1.807) is 25.1 Å². The van der Waals surface area contributed by atoms with Gasteiger partial charge in [0, 0.05) is 12.0 Å². The van der Waals surface area contributed by atoms with Crippen LogP contribution in [0.15, 0.2) is 40.9 Å². The van der Waals surface area contributed by atoms with E-state index in [4.69, 9.17) is 0 Å². The minimum Gasteiger partial charge on any atom is -0.294 e. The standard InChI is InChI=1S/C15H11BrF2O/c1-9-2-4-11(17)8-12(9)15(19)7-10-3-5-14(18)13(16)6-10/h2-6,8H,7H2,1H3. The van der Waals surface area contributed by atoms with Crippen molar-refractivity contribution >= 4 is 21.7 Å². The first-order chi connectivity index (χ1) is 8.97. The molecule has 0 fully saturated rings. The van der Waals surface area contributed by atoms with Crippen molar-refractivity contribution in [1.82, 2.24) is 0 Å². The maximum absolute atomic E-state index is 13.2. The molecule has 0 atom stereocenters. The van der Waals surface area contributed by atoms with Gasteiger partial charge in [-0.05, 0) is 58.2 Å². The number of carbonyl (C=O) groups excluding carboxylic acids is 1. The summed E-state index contributed by atoms with van der Waals surface area (Å²) in [6.45, 7) is 1.76. The molecule has 2 aromatic carbocycles. The molecule has 0 spiro atoms. The van der Waals surface area contributed by atoms with Gasteiger partial charge in [-0.1, -0.05) is 12.1 Å². The van der Waals surface area contributed by atoms with Crippen molar-refractivity contribution in [2.75, 3.05) is 0 Å². The lowest BCUT2D eigenvalue weighted by Crippen LogP contribution is -2.06. The zero-order chi connectivity index (χ0) is 14.0. The number of hydrogen-bond acceptors (Lipinski definition) is 1. The van der Waals surface area contributed by atoms with Crippen LogP contribution in [0.2, 0.25) is 0 Å². The van der Waals surface area contributed by atoms with E-state index in [9.17, 15) is 13.6 Å². The third-order valence-corrected chi connectivity index (χ3v) is 3.46. The molecule has 0 N–H and O–H groups in total. The van der Waals surface area contributed by atoms with Gasteiger partial charge < -0.3 is 0 Å². The molecule has 0 saturated carbocycles.